The van der Waals surface area contributed by atoms with Crippen LogP contribution in [0.1, 0.15) is 35.6 Å². The van der Waals surface area contributed by atoms with Gasteiger partial charge in [-0.15, -0.1) is 0 Å². The molecule has 0 radical (unpaired) electrons. The van der Waals surface area contributed by atoms with E-state index in [1.807, 2.05) is 36.4 Å². The number of nitrogens with zero attached hydrogens (tertiary/aromatic N) is 2. The molecule has 0 unspecified atom stereocenters. The smallest absolute Gasteiger partial charge is 0.231 e. The van der Waals surface area contributed by atoms with Crippen LogP contribution in [-0.2, 0) is 11.8 Å². The standard InChI is InChI=1S/C15H25N3O2/c1-10(2)7-18(9-15(16)20)8-14(19)13-6-11(3)17(5)12(13)4/h6,10H,7-9H2,1-5H3,(H2,16,20). The first-order valence-electron chi connectivity index (χ1n) is 6.89. The van der Waals surface area contributed by atoms with Crippen molar-refractivity contribution in [2.24, 2.45) is 18.7 Å². The lowest BCUT2D eigenvalue weighted by atomic mass is 10.1. The number of amides is 1. The van der Waals surface area contributed by atoms with E-state index >= 15 is 0 Å². The van der Waals surface area contributed by atoms with E-state index in [0.29, 0.717) is 12.5 Å². The molecule has 5 nitrogen and oxygen atoms in total. The number of rotatable bonds is 7. The molecule has 1 amide bonds. The van der Waals surface area contributed by atoms with E-state index in [9.17, 15) is 9.59 Å². The van der Waals surface area contributed by atoms with Crippen molar-refractivity contribution in [1.82, 2.24) is 9.47 Å². The summed E-state index contributed by atoms with van der Waals surface area (Å²) >= 11 is 0. The van der Waals surface area contributed by atoms with Crippen LogP contribution in [0.25, 0.3) is 0 Å². The van der Waals surface area contributed by atoms with Gasteiger partial charge in [0.25, 0.3) is 0 Å². The van der Waals surface area contributed by atoms with Gasteiger partial charge in [-0.05, 0) is 25.8 Å². The molecule has 112 valence electrons. The summed E-state index contributed by atoms with van der Waals surface area (Å²) in [5.74, 6) is 0.00766. The second-order valence-corrected chi connectivity index (χ2v) is 5.80. The lowest BCUT2D eigenvalue weighted by Gasteiger charge is -2.21. The summed E-state index contributed by atoms with van der Waals surface area (Å²) < 4.78 is 1.99. The Morgan fingerprint density at radius 3 is 2.30 bits per heavy atom. The molecule has 5 heteroatoms. The monoisotopic (exact) mass is 279 g/mol. The number of hydrogen-bond acceptors (Lipinski definition) is 3. The highest BCUT2D eigenvalue weighted by molar-refractivity contribution is 5.99. The van der Waals surface area contributed by atoms with Crippen molar-refractivity contribution in [1.29, 1.82) is 0 Å². The zero-order chi connectivity index (χ0) is 15.4. The van der Waals surface area contributed by atoms with Crippen molar-refractivity contribution in [3.05, 3.63) is 23.0 Å². The maximum absolute atomic E-state index is 12.4. The Labute approximate surface area is 120 Å². The third kappa shape index (κ3) is 4.20. The molecule has 0 spiro atoms. The van der Waals surface area contributed by atoms with Crippen molar-refractivity contribution in [2.75, 3.05) is 19.6 Å². The predicted octanol–water partition coefficient (Wildman–Crippen LogP) is 1.27. The number of carbonyl (C=O) groups is 2. The van der Waals surface area contributed by atoms with Crippen LogP contribution in [0.5, 0.6) is 0 Å². The Bertz CT molecular complexity index is 503. The third-order valence-electron chi connectivity index (χ3n) is 3.45. The molecule has 0 atom stereocenters. The number of Topliss-reactive ketones (excluding diaryl/α,β-unsaturated/α-hetero) is 1. The van der Waals surface area contributed by atoms with Crippen molar-refractivity contribution in [2.45, 2.75) is 27.7 Å². The lowest BCUT2D eigenvalue weighted by Crippen LogP contribution is -2.39. The van der Waals surface area contributed by atoms with E-state index in [1.165, 1.54) is 0 Å². The van der Waals surface area contributed by atoms with Crippen molar-refractivity contribution in [3.8, 4) is 0 Å². The molecule has 0 saturated carbocycles. The number of hydrogen-bond donors (Lipinski definition) is 1. The fourth-order valence-corrected chi connectivity index (χ4v) is 2.35. The molecule has 20 heavy (non-hydrogen) atoms. The van der Waals surface area contributed by atoms with Gasteiger partial charge in [0.2, 0.25) is 5.91 Å². The first-order valence-corrected chi connectivity index (χ1v) is 6.89. The van der Waals surface area contributed by atoms with Crippen LogP contribution >= 0.6 is 0 Å². The molecule has 1 aromatic heterocycles. The summed E-state index contributed by atoms with van der Waals surface area (Å²) in [5, 5.41) is 0. The highest BCUT2D eigenvalue weighted by atomic mass is 16.1. The SMILES string of the molecule is Cc1cc(C(=O)CN(CC(N)=O)CC(C)C)c(C)n1C. The molecule has 1 aromatic rings. The van der Waals surface area contributed by atoms with Gasteiger partial charge in [-0.3, -0.25) is 14.5 Å². The number of ketones is 1. The quantitative estimate of drug-likeness (QED) is 0.764. The number of aryl methyl sites for hydroxylation is 1. The van der Waals surface area contributed by atoms with Crippen LogP contribution in [0.15, 0.2) is 6.07 Å². The van der Waals surface area contributed by atoms with Gasteiger partial charge in [0, 0.05) is 30.5 Å². The van der Waals surface area contributed by atoms with Crippen LogP contribution in [0.2, 0.25) is 0 Å². The molecule has 0 saturated heterocycles. The highest BCUT2D eigenvalue weighted by Gasteiger charge is 2.19. The van der Waals surface area contributed by atoms with Gasteiger partial charge in [0.05, 0.1) is 13.1 Å². The van der Waals surface area contributed by atoms with E-state index < -0.39 is 5.91 Å². The summed E-state index contributed by atoms with van der Waals surface area (Å²) in [7, 11) is 1.94. The van der Waals surface area contributed by atoms with Crippen LogP contribution in [0, 0.1) is 19.8 Å². The molecule has 1 rings (SSSR count). The zero-order valence-electron chi connectivity index (χ0n) is 13.1. The Balaban J connectivity index is 2.84. The summed E-state index contributed by atoms with van der Waals surface area (Å²) in [6.45, 7) is 9.03. The molecule has 0 aromatic carbocycles. The average Bonchev–Trinajstić information content (AvgIpc) is 2.55. The van der Waals surface area contributed by atoms with Gasteiger partial charge in [0.1, 0.15) is 0 Å². The van der Waals surface area contributed by atoms with E-state index in [1.54, 1.807) is 0 Å². The molecule has 2 N–H and O–H groups in total. The zero-order valence-corrected chi connectivity index (χ0v) is 13.1. The van der Waals surface area contributed by atoms with Gasteiger partial charge < -0.3 is 10.3 Å². The van der Waals surface area contributed by atoms with E-state index in [2.05, 4.69) is 13.8 Å². The van der Waals surface area contributed by atoms with Crippen LogP contribution in [0.4, 0.5) is 0 Å². The molecular weight excluding hydrogens is 254 g/mol. The first kappa shape index (κ1) is 16.4. The minimum Gasteiger partial charge on any atom is -0.369 e. The fraction of sp³-hybridized carbons (Fsp3) is 0.600. The fourth-order valence-electron chi connectivity index (χ4n) is 2.35. The minimum absolute atomic E-state index is 0.0353. The molecule has 0 aliphatic rings. The van der Waals surface area contributed by atoms with Crippen LogP contribution < -0.4 is 5.73 Å². The molecular formula is C15H25N3O2. The molecule has 0 fully saturated rings. The molecule has 1 heterocycles. The molecule has 0 aliphatic heterocycles. The number of aromatic nitrogens is 1. The van der Waals surface area contributed by atoms with E-state index in [-0.39, 0.29) is 18.9 Å². The van der Waals surface area contributed by atoms with Gasteiger partial charge >= 0.3 is 0 Å². The minimum atomic E-state index is -0.403. The highest BCUT2D eigenvalue weighted by Crippen LogP contribution is 2.14. The summed E-state index contributed by atoms with van der Waals surface area (Å²) in [6, 6.07) is 1.90. The van der Waals surface area contributed by atoms with Gasteiger partial charge in [-0.2, -0.15) is 0 Å². The van der Waals surface area contributed by atoms with Crippen molar-refractivity contribution >= 4 is 11.7 Å². The Morgan fingerprint density at radius 1 is 1.30 bits per heavy atom. The average molecular weight is 279 g/mol. The van der Waals surface area contributed by atoms with E-state index in [4.69, 9.17) is 5.73 Å². The molecule has 0 bridgehead atoms. The van der Waals surface area contributed by atoms with Gasteiger partial charge in [-0.1, -0.05) is 13.8 Å². The Morgan fingerprint density at radius 2 is 1.90 bits per heavy atom. The van der Waals surface area contributed by atoms with E-state index in [0.717, 1.165) is 17.0 Å². The lowest BCUT2D eigenvalue weighted by molar-refractivity contribution is -0.119. The normalized spacial score (nSPS) is 11.3. The second-order valence-electron chi connectivity index (χ2n) is 5.80. The summed E-state index contributed by atoms with van der Waals surface area (Å²) in [4.78, 5) is 25.3. The van der Waals surface area contributed by atoms with Gasteiger partial charge in [-0.25, -0.2) is 0 Å². The first-order chi connectivity index (χ1) is 9.22. The Hall–Kier alpha value is -1.62. The predicted molar refractivity (Wildman–Crippen MR) is 79.7 cm³/mol. The second kappa shape index (κ2) is 6.70. The maximum atomic E-state index is 12.4. The topological polar surface area (TPSA) is 68.3 Å². The number of carbonyl (C=O) groups excluding carboxylic acids is 2. The third-order valence-corrected chi connectivity index (χ3v) is 3.45. The molecule has 0 aliphatic carbocycles. The number of primary amides is 1. The summed E-state index contributed by atoms with van der Waals surface area (Å²) in [6.07, 6.45) is 0. The Kier molecular flexibility index (Phi) is 5.51. The number of nitrogens with two attached hydrogens (primary N) is 1. The van der Waals surface area contributed by atoms with Crippen LogP contribution in [-0.4, -0.2) is 40.8 Å². The largest absolute Gasteiger partial charge is 0.369 e. The maximum Gasteiger partial charge on any atom is 0.231 e. The van der Waals surface area contributed by atoms with Crippen LogP contribution in [0.3, 0.4) is 0 Å². The summed E-state index contributed by atoms with van der Waals surface area (Å²) in [5.41, 5.74) is 7.98. The van der Waals surface area contributed by atoms with Crippen molar-refractivity contribution < 1.29 is 9.59 Å². The van der Waals surface area contributed by atoms with Gasteiger partial charge in [0.15, 0.2) is 5.78 Å². The van der Waals surface area contributed by atoms with Crippen molar-refractivity contribution in [3.63, 3.8) is 0 Å².